The first-order valence-electron chi connectivity index (χ1n) is 12.0. The first-order valence-corrected chi connectivity index (χ1v) is 12.9. The smallest absolute Gasteiger partial charge is 0.350 e. The van der Waals surface area contributed by atoms with Crippen molar-refractivity contribution in [2.45, 2.75) is 33.7 Å². The van der Waals surface area contributed by atoms with Crippen LogP contribution >= 0.6 is 11.3 Å². The van der Waals surface area contributed by atoms with Crippen LogP contribution in [0.15, 0.2) is 60.7 Å². The Morgan fingerprint density at radius 3 is 2.50 bits per heavy atom. The van der Waals surface area contributed by atoms with Crippen LogP contribution in [0.3, 0.4) is 0 Å². The normalized spacial score (nSPS) is 16.5. The van der Waals surface area contributed by atoms with Crippen molar-refractivity contribution in [3.63, 3.8) is 0 Å². The van der Waals surface area contributed by atoms with E-state index in [1.165, 1.54) is 4.90 Å². The van der Waals surface area contributed by atoms with Gasteiger partial charge >= 0.3 is 11.9 Å². The molecule has 1 fully saturated rings. The number of aliphatic hydroxyl groups excluding tert-OH is 1. The Labute approximate surface area is 224 Å². The quantitative estimate of drug-likeness (QED) is 0.135. The Morgan fingerprint density at radius 2 is 1.87 bits per heavy atom. The molecule has 2 aromatic carbocycles. The summed E-state index contributed by atoms with van der Waals surface area (Å²) in [5, 5.41) is 11.6. The van der Waals surface area contributed by atoms with Crippen molar-refractivity contribution in [1.29, 1.82) is 0 Å². The third-order valence-electron chi connectivity index (χ3n) is 6.11. The molecule has 9 heteroatoms. The Hall–Kier alpha value is -4.24. The maximum Gasteiger partial charge on any atom is 0.350 e. The number of rotatable bonds is 8. The van der Waals surface area contributed by atoms with Gasteiger partial charge in [0.05, 0.1) is 23.9 Å². The summed E-state index contributed by atoms with van der Waals surface area (Å²) in [7, 11) is 0. The minimum atomic E-state index is -0.952. The van der Waals surface area contributed by atoms with Crippen LogP contribution in [-0.2, 0) is 14.3 Å². The second-order valence-corrected chi connectivity index (χ2v) is 9.77. The highest BCUT2D eigenvalue weighted by atomic mass is 32.1. The SMILES string of the molecule is C=CCOc1ccc(/C(O)=C2\C(=O)C(=O)N(c3nc(C)c(C(=O)OCC)s3)C2c2ccc(C)cc2)c(C)c1. The molecule has 1 aliphatic rings. The van der Waals surface area contributed by atoms with Crippen LogP contribution in [-0.4, -0.2) is 41.0 Å². The van der Waals surface area contributed by atoms with Gasteiger partial charge in [-0.15, -0.1) is 0 Å². The standard InChI is InChI=1S/C29H28N2O6S/c1-6-14-37-20-12-13-21(17(4)15-20)24(32)22-23(19-10-8-16(3)9-11-19)31(27(34)25(22)33)29-30-18(5)26(38-29)28(35)36-7-2/h6,8-13,15,23,32H,1,7,14H2,2-5H3/b24-22+. The highest BCUT2D eigenvalue weighted by Gasteiger charge is 2.48. The van der Waals surface area contributed by atoms with Gasteiger partial charge in [0.1, 0.15) is 23.0 Å². The second kappa shape index (κ2) is 11.0. The molecule has 1 atom stereocenters. The van der Waals surface area contributed by atoms with Crippen molar-refractivity contribution in [3.8, 4) is 5.75 Å². The van der Waals surface area contributed by atoms with Crippen molar-refractivity contribution < 1.29 is 29.0 Å². The minimum absolute atomic E-state index is 0.0627. The molecule has 0 bridgehead atoms. The lowest BCUT2D eigenvalue weighted by molar-refractivity contribution is -0.132. The molecular formula is C29H28N2O6S. The van der Waals surface area contributed by atoms with E-state index < -0.39 is 23.7 Å². The van der Waals surface area contributed by atoms with E-state index in [9.17, 15) is 19.5 Å². The van der Waals surface area contributed by atoms with Gasteiger partial charge in [-0.3, -0.25) is 14.5 Å². The van der Waals surface area contributed by atoms with Gasteiger partial charge in [-0.1, -0.05) is 53.8 Å². The van der Waals surface area contributed by atoms with Crippen LogP contribution in [0, 0.1) is 20.8 Å². The highest BCUT2D eigenvalue weighted by molar-refractivity contribution is 7.17. The predicted molar refractivity (Wildman–Crippen MR) is 146 cm³/mol. The van der Waals surface area contributed by atoms with Gasteiger partial charge in [0.25, 0.3) is 5.78 Å². The number of carbonyl (C=O) groups excluding carboxylic acids is 3. The monoisotopic (exact) mass is 532 g/mol. The van der Waals surface area contributed by atoms with Gasteiger partial charge in [0.2, 0.25) is 0 Å². The number of aromatic nitrogens is 1. The molecular weight excluding hydrogens is 504 g/mol. The average molecular weight is 533 g/mol. The van der Waals surface area contributed by atoms with E-state index in [4.69, 9.17) is 9.47 Å². The Bertz CT molecular complexity index is 1450. The van der Waals surface area contributed by atoms with Crippen molar-refractivity contribution in [2.75, 3.05) is 18.1 Å². The van der Waals surface area contributed by atoms with Crippen LogP contribution in [0.2, 0.25) is 0 Å². The minimum Gasteiger partial charge on any atom is -0.507 e. The highest BCUT2D eigenvalue weighted by Crippen LogP contribution is 2.44. The molecule has 0 radical (unpaired) electrons. The molecule has 196 valence electrons. The zero-order valence-corrected chi connectivity index (χ0v) is 22.4. The number of aliphatic hydroxyl groups is 1. The first kappa shape index (κ1) is 26.8. The fourth-order valence-electron chi connectivity index (χ4n) is 4.26. The molecule has 1 N–H and O–H groups in total. The number of ether oxygens (including phenoxy) is 2. The lowest BCUT2D eigenvalue weighted by atomic mass is 9.93. The maximum absolute atomic E-state index is 13.4. The molecule has 8 nitrogen and oxygen atoms in total. The van der Waals surface area contributed by atoms with E-state index in [-0.39, 0.29) is 27.9 Å². The van der Waals surface area contributed by atoms with Crippen molar-refractivity contribution in [3.05, 3.63) is 93.5 Å². The van der Waals surface area contributed by atoms with Crippen molar-refractivity contribution in [2.24, 2.45) is 0 Å². The van der Waals surface area contributed by atoms with Gasteiger partial charge in [0, 0.05) is 5.56 Å². The number of nitrogens with zero attached hydrogens (tertiary/aromatic N) is 2. The number of hydrogen-bond acceptors (Lipinski definition) is 8. The molecule has 1 aliphatic heterocycles. The van der Waals surface area contributed by atoms with E-state index in [0.29, 0.717) is 34.7 Å². The number of anilines is 1. The van der Waals surface area contributed by atoms with Crippen molar-refractivity contribution in [1.82, 2.24) is 4.98 Å². The summed E-state index contributed by atoms with van der Waals surface area (Å²) >= 11 is 0.973. The zero-order valence-electron chi connectivity index (χ0n) is 21.6. The molecule has 0 aliphatic carbocycles. The summed E-state index contributed by atoms with van der Waals surface area (Å²) in [6.07, 6.45) is 1.62. The number of amides is 1. The summed E-state index contributed by atoms with van der Waals surface area (Å²) in [4.78, 5) is 45.2. The van der Waals surface area contributed by atoms with Crippen LogP contribution < -0.4 is 9.64 Å². The second-order valence-electron chi connectivity index (χ2n) is 8.79. The number of carbonyl (C=O) groups is 3. The molecule has 4 rings (SSSR count). The lowest BCUT2D eigenvalue weighted by Gasteiger charge is -2.23. The molecule has 2 heterocycles. The lowest BCUT2D eigenvalue weighted by Crippen LogP contribution is -2.29. The Balaban J connectivity index is 1.88. The van der Waals surface area contributed by atoms with Gasteiger partial charge in [-0.2, -0.15) is 0 Å². The zero-order chi connectivity index (χ0) is 27.6. The third kappa shape index (κ3) is 4.97. The largest absolute Gasteiger partial charge is 0.507 e. The molecule has 3 aromatic rings. The number of hydrogen-bond donors (Lipinski definition) is 1. The van der Waals surface area contributed by atoms with Gasteiger partial charge in [-0.25, -0.2) is 9.78 Å². The van der Waals surface area contributed by atoms with E-state index in [1.807, 2.05) is 19.1 Å². The molecule has 1 saturated heterocycles. The van der Waals surface area contributed by atoms with E-state index in [2.05, 4.69) is 11.6 Å². The van der Waals surface area contributed by atoms with Crippen LogP contribution in [0.5, 0.6) is 5.75 Å². The Kier molecular flexibility index (Phi) is 7.78. The van der Waals surface area contributed by atoms with E-state index in [1.54, 1.807) is 57.2 Å². The molecule has 0 saturated carbocycles. The molecule has 1 aromatic heterocycles. The summed E-state index contributed by atoms with van der Waals surface area (Å²) in [6.45, 7) is 11.2. The number of Topliss-reactive ketones (excluding diaryl/α,β-unsaturated/α-hetero) is 1. The Morgan fingerprint density at radius 1 is 1.16 bits per heavy atom. The van der Waals surface area contributed by atoms with Crippen LogP contribution in [0.25, 0.3) is 5.76 Å². The fourth-order valence-corrected chi connectivity index (χ4v) is 5.24. The number of ketones is 1. The molecule has 1 unspecified atom stereocenters. The van der Waals surface area contributed by atoms with Gasteiger partial charge < -0.3 is 14.6 Å². The van der Waals surface area contributed by atoms with Crippen molar-refractivity contribution >= 4 is 39.9 Å². The summed E-state index contributed by atoms with van der Waals surface area (Å²) < 4.78 is 10.7. The molecule has 1 amide bonds. The number of thiazole rings is 1. The van der Waals surface area contributed by atoms with E-state index >= 15 is 0 Å². The molecule has 0 spiro atoms. The van der Waals surface area contributed by atoms with Gasteiger partial charge in [0.15, 0.2) is 5.13 Å². The first-order chi connectivity index (χ1) is 18.2. The third-order valence-corrected chi connectivity index (χ3v) is 7.25. The number of benzene rings is 2. The summed E-state index contributed by atoms with van der Waals surface area (Å²) in [6, 6.07) is 11.5. The summed E-state index contributed by atoms with van der Waals surface area (Å²) in [5.74, 6) is -1.95. The fraction of sp³-hybridized carbons (Fsp3) is 0.241. The van der Waals surface area contributed by atoms with Crippen LogP contribution in [0.1, 0.15) is 50.6 Å². The summed E-state index contributed by atoms with van der Waals surface area (Å²) in [5.41, 5.74) is 2.99. The topological polar surface area (TPSA) is 106 Å². The van der Waals surface area contributed by atoms with E-state index in [0.717, 1.165) is 16.9 Å². The average Bonchev–Trinajstić information content (AvgIpc) is 3.39. The number of aryl methyl sites for hydroxylation is 3. The maximum atomic E-state index is 13.4. The molecule has 38 heavy (non-hydrogen) atoms. The number of esters is 1. The van der Waals surface area contributed by atoms with Gasteiger partial charge in [-0.05, 0) is 57.0 Å². The van der Waals surface area contributed by atoms with Crippen LogP contribution in [0.4, 0.5) is 5.13 Å². The predicted octanol–water partition coefficient (Wildman–Crippen LogP) is 5.44.